The van der Waals surface area contributed by atoms with Crippen LogP contribution in [-0.2, 0) is 0 Å². The third kappa shape index (κ3) is 5.77. The topological polar surface area (TPSA) is 32.3 Å². The fourth-order valence-corrected chi connectivity index (χ4v) is 2.44. The third-order valence-corrected chi connectivity index (χ3v) is 3.78. The molecule has 0 aromatic heterocycles. The molecule has 1 atom stereocenters. The highest BCUT2D eigenvalue weighted by atomic mass is 35.5. The van der Waals surface area contributed by atoms with Gasteiger partial charge in [-0.25, -0.2) is 0 Å². The molecule has 2 nitrogen and oxygen atoms in total. The van der Waals surface area contributed by atoms with Crippen molar-refractivity contribution < 1.29 is 5.11 Å². The highest BCUT2D eigenvalue weighted by Gasteiger charge is 2.09. The summed E-state index contributed by atoms with van der Waals surface area (Å²) < 4.78 is 0. The number of hydrogen-bond donors (Lipinski definition) is 2. The maximum absolute atomic E-state index is 9.95. The first-order valence-corrected chi connectivity index (χ1v) is 7.50. The first kappa shape index (κ1) is 14.8. The van der Waals surface area contributed by atoms with Crippen LogP contribution in [0.15, 0.2) is 24.3 Å². The maximum atomic E-state index is 9.95. The van der Waals surface area contributed by atoms with Gasteiger partial charge in [0.2, 0.25) is 0 Å². The Morgan fingerprint density at radius 2 is 2.18 bits per heavy atom. The molecular formula is C13H20ClNOS. The SMILES string of the molecule is CCSCCCNCC(O)c1ccccc1Cl. The normalized spacial score (nSPS) is 12.6. The highest BCUT2D eigenvalue weighted by Crippen LogP contribution is 2.21. The molecule has 0 spiro atoms. The molecule has 0 saturated carbocycles. The molecule has 1 unspecified atom stereocenters. The highest BCUT2D eigenvalue weighted by molar-refractivity contribution is 7.99. The smallest absolute Gasteiger partial charge is 0.0928 e. The van der Waals surface area contributed by atoms with Gasteiger partial charge in [-0.1, -0.05) is 36.7 Å². The average molecular weight is 274 g/mol. The predicted octanol–water partition coefficient (Wildman–Crippen LogP) is 3.11. The summed E-state index contributed by atoms with van der Waals surface area (Å²) in [4.78, 5) is 0. The summed E-state index contributed by atoms with van der Waals surface area (Å²) in [6.45, 7) is 3.66. The number of hydrogen-bond acceptors (Lipinski definition) is 3. The Hall–Kier alpha value is -0.220. The standard InChI is InChI=1S/C13H20ClNOS/c1-2-17-9-5-8-15-10-13(16)11-6-3-4-7-12(11)14/h3-4,6-7,13,15-16H,2,5,8-10H2,1H3. The lowest BCUT2D eigenvalue weighted by molar-refractivity contribution is 0.175. The van der Waals surface area contributed by atoms with Crippen LogP contribution in [0.4, 0.5) is 0 Å². The van der Waals surface area contributed by atoms with Crippen molar-refractivity contribution in [2.75, 3.05) is 24.6 Å². The van der Waals surface area contributed by atoms with Gasteiger partial charge in [0, 0.05) is 17.1 Å². The quantitative estimate of drug-likeness (QED) is 0.714. The van der Waals surface area contributed by atoms with Crippen molar-refractivity contribution in [3.63, 3.8) is 0 Å². The second-order valence-corrected chi connectivity index (χ2v) is 5.59. The minimum Gasteiger partial charge on any atom is -0.387 e. The number of halogens is 1. The summed E-state index contributed by atoms with van der Waals surface area (Å²) in [6.07, 6.45) is 0.607. The van der Waals surface area contributed by atoms with E-state index in [4.69, 9.17) is 11.6 Å². The molecule has 1 rings (SSSR count). The van der Waals surface area contributed by atoms with Crippen molar-refractivity contribution in [2.24, 2.45) is 0 Å². The van der Waals surface area contributed by atoms with Gasteiger partial charge in [-0.15, -0.1) is 0 Å². The van der Waals surface area contributed by atoms with Crippen LogP contribution in [0.1, 0.15) is 25.0 Å². The number of thioether (sulfide) groups is 1. The van der Waals surface area contributed by atoms with Gasteiger partial charge in [-0.3, -0.25) is 0 Å². The maximum Gasteiger partial charge on any atom is 0.0928 e. The number of aliphatic hydroxyl groups is 1. The van der Waals surface area contributed by atoms with Crippen molar-refractivity contribution in [2.45, 2.75) is 19.4 Å². The molecule has 2 N–H and O–H groups in total. The van der Waals surface area contributed by atoms with Crippen molar-refractivity contribution in [3.8, 4) is 0 Å². The summed E-state index contributed by atoms with van der Waals surface area (Å²) in [6, 6.07) is 7.43. The number of nitrogens with one attached hydrogen (secondary N) is 1. The summed E-state index contributed by atoms with van der Waals surface area (Å²) in [5, 5.41) is 13.8. The van der Waals surface area contributed by atoms with E-state index in [1.807, 2.05) is 30.0 Å². The fraction of sp³-hybridized carbons (Fsp3) is 0.538. The second kappa shape index (κ2) is 8.81. The molecule has 0 amide bonds. The Kier molecular flexibility index (Phi) is 7.69. The second-order valence-electron chi connectivity index (χ2n) is 3.79. The zero-order valence-electron chi connectivity index (χ0n) is 10.2. The summed E-state index contributed by atoms with van der Waals surface area (Å²) >= 11 is 7.95. The zero-order chi connectivity index (χ0) is 12.5. The molecule has 0 aliphatic carbocycles. The van der Waals surface area contributed by atoms with E-state index in [0.717, 1.165) is 18.5 Å². The first-order valence-electron chi connectivity index (χ1n) is 5.96. The van der Waals surface area contributed by atoms with E-state index < -0.39 is 6.10 Å². The Morgan fingerprint density at radius 3 is 2.88 bits per heavy atom. The number of rotatable bonds is 8. The van der Waals surface area contributed by atoms with E-state index in [-0.39, 0.29) is 0 Å². The molecular weight excluding hydrogens is 254 g/mol. The predicted molar refractivity (Wildman–Crippen MR) is 76.9 cm³/mol. The van der Waals surface area contributed by atoms with E-state index in [1.165, 1.54) is 11.5 Å². The molecule has 0 heterocycles. The van der Waals surface area contributed by atoms with E-state index in [9.17, 15) is 5.11 Å². The van der Waals surface area contributed by atoms with Crippen LogP contribution in [-0.4, -0.2) is 29.7 Å². The Labute approximate surface area is 113 Å². The summed E-state index contributed by atoms with van der Waals surface area (Å²) in [5.41, 5.74) is 0.796. The molecule has 1 aromatic carbocycles. The fourth-order valence-electron chi connectivity index (χ4n) is 1.54. The first-order chi connectivity index (χ1) is 8.25. The molecule has 0 aliphatic rings. The number of benzene rings is 1. The van der Waals surface area contributed by atoms with Crippen LogP contribution in [0.3, 0.4) is 0 Å². The van der Waals surface area contributed by atoms with Gasteiger partial charge in [0.05, 0.1) is 6.10 Å². The molecule has 1 aromatic rings. The molecule has 17 heavy (non-hydrogen) atoms. The largest absolute Gasteiger partial charge is 0.387 e. The third-order valence-electron chi connectivity index (χ3n) is 2.45. The lowest BCUT2D eigenvalue weighted by Gasteiger charge is -2.13. The van der Waals surface area contributed by atoms with Crippen LogP contribution in [0.25, 0.3) is 0 Å². The van der Waals surface area contributed by atoms with Gasteiger partial charge in [0.15, 0.2) is 0 Å². The minimum absolute atomic E-state index is 0.525. The molecule has 4 heteroatoms. The molecule has 0 bridgehead atoms. The molecule has 0 aliphatic heterocycles. The Balaban J connectivity index is 2.21. The van der Waals surface area contributed by atoms with Crippen LogP contribution in [0.2, 0.25) is 5.02 Å². The minimum atomic E-state index is -0.525. The van der Waals surface area contributed by atoms with Crippen LogP contribution >= 0.6 is 23.4 Å². The summed E-state index contributed by atoms with van der Waals surface area (Å²) in [7, 11) is 0. The molecule has 0 fully saturated rings. The van der Waals surface area contributed by atoms with Gasteiger partial charge in [0.25, 0.3) is 0 Å². The van der Waals surface area contributed by atoms with Crippen LogP contribution < -0.4 is 5.32 Å². The monoisotopic (exact) mass is 273 g/mol. The Bertz CT molecular complexity index is 322. The van der Waals surface area contributed by atoms with Crippen molar-refractivity contribution in [1.29, 1.82) is 0 Å². The van der Waals surface area contributed by atoms with E-state index in [1.54, 1.807) is 6.07 Å². The van der Waals surface area contributed by atoms with Gasteiger partial charge in [0.1, 0.15) is 0 Å². The van der Waals surface area contributed by atoms with Gasteiger partial charge in [-0.05, 0) is 30.5 Å². The lowest BCUT2D eigenvalue weighted by atomic mass is 10.1. The van der Waals surface area contributed by atoms with Gasteiger partial charge in [-0.2, -0.15) is 11.8 Å². The van der Waals surface area contributed by atoms with Crippen LogP contribution in [0, 0.1) is 0 Å². The van der Waals surface area contributed by atoms with Crippen molar-refractivity contribution >= 4 is 23.4 Å². The number of aliphatic hydroxyl groups excluding tert-OH is 1. The van der Waals surface area contributed by atoms with E-state index in [2.05, 4.69) is 12.2 Å². The molecule has 0 saturated heterocycles. The lowest BCUT2D eigenvalue weighted by Crippen LogP contribution is -2.23. The molecule has 0 radical (unpaired) electrons. The summed E-state index contributed by atoms with van der Waals surface area (Å²) in [5.74, 6) is 2.34. The van der Waals surface area contributed by atoms with Crippen molar-refractivity contribution in [3.05, 3.63) is 34.9 Å². The van der Waals surface area contributed by atoms with Gasteiger partial charge >= 0.3 is 0 Å². The van der Waals surface area contributed by atoms with Gasteiger partial charge < -0.3 is 10.4 Å². The zero-order valence-corrected chi connectivity index (χ0v) is 11.7. The van der Waals surface area contributed by atoms with E-state index in [0.29, 0.717) is 11.6 Å². The van der Waals surface area contributed by atoms with E-state index >= 15 is 0 Å². The Morgan fingerprint density at radius 1 is 1.41 bits per heavy atom. The van der Waals surface area contributed by atoms with Crippen molar-refractivity contribution in [1.82, 2.24) is 5.32 Å². The molecule has 96 valence electrons. The van der Waals surface area contributed by atoms with Crippen LogP contribution in [0.5, 0.6) is 0 Å². The average Bonchev–Trinajstić information content (AvgIpc) is 2.34.